The van der Waals surface area contributed by atoms with Crippen LogP contribution in [0.2, 0.25) is 0 Å². The van der Waals surface area contributed by atoms with Gasteiger partial charge in [-0.15, -0.1) is 0 Å². The highest BCUT2D eigenvalue weighted by Gasteiger charge is 2.37. The lowest BCUT2D eigenvalue weighted by molar-refractivity contribution is -0.151. The van der Waals surface area contributed by atoms with Crippen LogP contribution in [0.15, 0.2) is 30.6 Å². The van der Waals surface area contributed by atoms with E-state index in [1.807, 2.05) is 0 Å². The SMILES string of the molecule is CC1CN(c2cc(C(F)(F)F)nc(-c3cccnc3)n2)CCN1CC(F)(F)F. The molecule has 1 aliphatic rings. The lowest BCUT2D eigenvalue weighted by Crippen LogP contribution is -2.54. The van der Waals surface area contributed by atoms with Crippen LogP contribution in [-0.2, 0) is 6.18 Å². The summed E-state index contributed by atoms with van der Waals surface area (Å²) in [6.07, 6.45) is -6.19. The Labute approximate surface area is 157 Å². The molecule has 0 aromatic carbocycles. The molecule has 0 spiro atoms. The molecule has 5 nitrogen and oxygen atoms in total. The van der Waals surface area contributed by atoms with Crippen molar-refractivity contribution >= 4 is 5.82 Å². The average molecular weight is 405 g/mol. The minimum absolute atomic E-state index is 0.0275. The molecule has 1 unspecified atom stereocenters. The Balaban J connectivity index is 1.90. The van der Waals surface area contributed by atoms with Gasteiger partial charge in [0.15, 0.2) is 11.5 Å². The van der Waals surface area contributed by atoms with Gasteiger partial charge < -0.3 is 4.90 Å². The predicted molar refractivity (Wildman–Crippen MR) is 89.6 cm³/mol. The van der Waals surface area contributed by atoms with Gasteiger partial charge in [0.25, 0.3) is 0 Å². The maximum absolute atomic E-state index is 13.3. The number of aromatic nitrogens is 3. The topological polar surface area (TPSA) is 45.2 Å². The van der Waals surface area contributed by atoms with E-state index in [-0.39, 0.29) is 31.3 Å². The molecular formula is C17H17F6N5. The molecule has 1 aliphatic heterocycles. The summed E-state index contributed by atoms with van der Waals surface area (Å²) in [5.74, 6) is -0.108. The third kappa shape index (κ3) is 4.89. The fourth-order valence-electron chi connectivity index (χ4n) is 3.03. The molecule has 28 heavy (non-hydrogen) atoms. The van der Waals surface area contributed by atoms with E-state index in [2.05, 4.69) is 15.0 Å². The molecule has 3 rings (SSSR count). The van der Waals surface area contributed by atoms with E-state index in [0.29, 0.717) is 5.56 Å². The lowest BCUT2D eigenvalue weighted by atomic mass is 10.2. The second-order valence-electron chi connectivity index (χ2n) is 6.56. The Morgan fingerprint density at radius 1 is 1.11 bits per heavy atom. The van der Waals surface area contributed by atoms with Gasteiger partial charge in [0, 0.05) is 49.7 Å². The number of halogens is 6. The molecule has 2 aromatic rings. The number of alkyl halides is 6. The van der Waals surface area contributed by atoms with Crippen LogP contribution in [0.3, 0.4) is 0 Å². The molecule has 0 bridgehead atoms. The number of piperazine rings is 1. The summed E-state index contributed by atoms with van der Waals surface area (Å²) < 4.78 is 77.8. The number of pyridine rings is 1. The Morgan fingerprint density at radius 3 is 2.43 bits per heavy atom. The van der Waals surface area contributed by atoms with Gasteiger partial charge in [0.05, 0.1) is 6.54 Å². The summed E-state index contributed by atoms with van der Waals surface area (Å²) >= 11 is 0. The normalized spacial score (nSPS) is 19.1. The first-order chi connectivity index (χ1) is 13.0. The zero-order valence-corrected chi connectivity index (χ0v) is 14.8. The van der Waals surface area contributed by atoms with Crippen molar-refractivity contribution in [1.29, 1.82) is 0 Å². The third-order valence-corrected chi connectivity index (χ3v) is 4.39. The summed E-state index contributed by atoms with van der Waals surface area (Å²) in [5, 5.41) is 0. The Morgan fingerprint density at radius 2 is 1.86 bits per heavy atom. The predicted octanol–water partition coefficient (Wildman–Crippen LogP) is 3.63. The number of hydrogen-bond acceptors (Lipinski definition) is 5. The van der Waals surface area contributed by atoms with Gasteiger partial charge in [-0.05, 0) is 19.1 Å². The van der Waals surface area contributed by atoms with E-state index in [1.54, 1.807) is 17.9 Å². The molecule has 1 atom stereocenters. The zero-order valence-electron chi connectivity index (χ0n) is 14.8. The van der Waals surface area contributed by atoms with Crippen LogP contribution in [0.5, 0.6) is 0 Å². The van der Waals surface area contributed by atoms with E-state index < -0.39 is 30.6 Å². The second kappa shape index (κ2) is 7.53. The molecule has 2 aromatic heterocycles. The molecule has 1 fully saturated rings. The summed E-state index contributed by atoms with van der Waals surface area (Å²) in [6.45, 7) is 0.860. The van der Waals surface area contributed by atoms with Crippen LogP contribution in [0.1, 0.15) is 12.6 Å². The van der Waals surface area contributed by atoms with E-state index in [9.17, 15) is 26.3 Å². The standard InChI is InChI=1S/C17H17F6N5/c1-11-9-27(5-6-28(11)10-16(18,19)20)14-7-13(17(21,22)23)25-15(26-14)12-3-2-4-24-8-12/h2-4,7-8,11H,5-6,9-10H2,1H3. The van der Waals surface area contributed by atoms with Crippen molar-refractivity contribution in [2.45, 2.75) is 25.3 Å². The van der Waals surface area contributed by atoms with Gasteiger partial charge in [-0.3, -0.25) is 9.88 Å². The Bertz CT molecular complexity index is 808. The summed E-state index contributed by atoms with van der Waals surface area (Å²) in [7, 11) is 0. The van der Waals surface area contributed by atoms with Gasteiger partial charge in [-0.1, -0.05) is 0 Å². The van der Waals surface area contributed by atoms with Crippen LogP contribution in [0, 0.1) is 0 Å². The lowest BCUT2D eigenvalue weighted by Gasteiger charge is -2.40. The molecule has 152 valence electrons. The molecule has 0 N–H and O–H groups in total. The fourth-order valence-corrected chi connectivity index (χ4v) is 3.03. The number of anilines is 1. The van der Waals surface area contributed by atoms with Crippen LogP contribution in [-0.4, -0.2) is 58.2 Å². The highest BCUT2D eigenvalue weighted by atomic mass is 19.4. The smallest absolute Gasteiger partial charge is 0.354 e. The van der Waals surface area contributed by atoms with E-state index in [1.165, 1.54) is 23.4 Å². The highest BCUT2D eigenvalue weighted by molar-refractivity contribution is 5.57. The highest BCUT2D eigenvalue weighted by Crippen LogP contribution is 2.32. The summed E-state index contributed by atoms with van der Waals surface area (Å²) in [6, 6.07) is 3.42. The van der Waals surface area contributed by atoms with Gasteiger partial charge >= 0.3 is 12.4 Å². The maximum Gasteiger partial charge on any atom is 0.433 e. The van der Waals surface area contributed by atoms with Crippen LogP contribution in [0.25, 0.3) is 11.4 Å². The summed E-state index contributed by atoms with van der Waals surface area (Å²) in [4.78, 5) is 14.5. The summed E-state index contributed by atoms with van der Waals surface area (Å²) in [5.41, 5.74) is -0.791. The zero-order chi connectivity index (χ0) is 20.5. The Kier molecular flexibility index (Phi) is 5.46. The van der Waals surface area contributed by atoms with E-state index in [4.69, 9.17) is 0 Å². The van der Waals surface area contributed by atoms with E-state index in [0.717, 1.165) is 6.07 Å². The first-order valence-corrected chi connectivity index (χ1v) is 8.45. The molecule has 11 heteroatoms. The molecule has 0 amide bonds. The minimum atomic E-state index is -4.68. The van der Waals surface area contributed by atoms with Crippen molar-refractivity contribution in [3.63, 3.8) is 0 Å². The molecule has 0 aliphatic carbocycles. The van der Waals surface area contributed by atoms with Crippen LogP contribution < -0.4 is 4.90 Å². The largest absolute Gasteiger partial charge is 0.433 e. The first-order valence-electron chi connectivity index (χ1n) is 8.45. The fraction of sp³-hybridized carbons (Fsp3) is 0.471. The van der Waals surface area contributed by atoms with Gasteiger partial charge in [-0.25, -0.2) is 9.97 Å². The third-order valence-electron chi connectivity index (χ3n) is 4.39. The number of rotatable bonds is 3. The van der Waals surface area contributed by atoms with Crippen molar-refractivity contribution < 1.29 is 26.3 Å². The van der Waals surface area contributed by atoms with Crippen molar-refractivity contribution in [2.75, 3.05) is 31.1 Å². The van der Waals surface area contributed by atoms with Gasteiger partial charge in [0.1, 0.15) is 5.82 Å². The molecule has 0 saturated carbocycles. The molecule has 3 heterocycles. The minimum Gasteiger partial charge on any atom is -0.354 e. The van der Waals surface area contributed by atoms with Crippen molar-refractivity contribution in [3.05, 3.63) is 36.3 Å². The number of nitrogens with zero attached hydrogens (tertiary/aromatic N) is 5. The molecular weight excluding hydrogens is 388 g/mol. The van der Waals surface area contributed by atoms with Gasteiger partial charge in [-0.2, -0.15) is 26.3 Å². The maximum atomic E-state index is 13.3. The first kappa shape index (κ1) is 20.3. The van der Waals surface area contributed by atoms with Crippen molar-refractivity contribution in [3.8, 4) is 11.4 Å². The monoisotopic (exact) mass is 405 g/mol. The van der Waals surface area contributed by atoms with E-state index >= 15 is 0 Å². The Hall–Kier alpha value is -2.43. The van der Waals surface area contributed by atoms with Gasteiger partial charge in [0.2, 0.25) is 0 Å². The van der Waals surface area contributed by atoms with Crippen molar-refractivity contribution in [1.82, 2.24) is 19.9 Å². The molecule has 0 radical (unpaired) electrons. The average Bonchev–Trinajstić information content (AvgIpc) is 2.62. The number of hydrogen-bond donors (Lipinski definition) is 0. The van der Waals surface area contributed by atoms with Crippen LogP contribution in [0.4, 0.5) is 32.2 Å². The quantitative estimate of drug-likeness (QED) is 0.730. The molecule has 1 saturated heterocycles. The van der Waals surface area contributed by atoms with Crippen molar-refractivity contribution in [2.24, 2.45) is 0 Å². The van der Waals surface area contributed by atoms with Crippen LogP contribution >= 0.6 is 0 Å². The second-order valence-corrected chi connectivity index (χ2v) is 6.56.